The standard InChI is InChI=1S/C13H20N2O/c1-14(2)12-5-3-4-6-13(12)15-8-7-11(9-15)10-16/h3-6,11,16H,7-10H2,1-2H3. The number of anilines is 2. The number of aliphatic hydroxyl groups is 1. The maximum Gasteiger partial charge on any atom is 0.0604 e. The number of aliphatic hydroxyl groups excluding tert-OH is 1. The van der Waals surface area contributed by atoms with Crippen LogP contribution in [-0.4, -0.2) is 38.9 Å². The molecular weight excluding hydrogens is 200 g/mol. The summed E-state index contributed by atoms with van der Waals surface area (Å²) >= 11 is 0. The molecule has 1 aromatic rings. The molecule has 0 spiro atoms. The summed E-state index contributed by atoms with van der Waals surface area (Å²) in [5.41, 5.74) is 2.53. The van der Waals surface area contributed by atoms with Crippen LogP contribution < -0.4 is 9.80 Å². The highest BCUT2D eigenvalue weighted by molar-refractivity contribution is 5.71. The maximum atomic E-state index is 9.17. The van der Waals surface area contributed by atoms with E-state index in [4.69, 9.17) is 0 Å². The molecule has 88 valence electrons. The fourth-order valence-electron chi connectivity index (χ4n) is 2.31. The third-order valence-electron chi connectivity index (χ3n) is 3.25. The Morgan fingerprint density at radius 1 is 1.38 bits per heavy atom. The van der Waals surface area contributed by atoms with E-state index in [-0.39, 0.29) is 0 Å². The lowest BCUT2D eigenvalue weighted by Gasteiger charge is -2.25. The fourth-order valence-corrected chi connectivity index (χ4v) is 2.31. The molecule has 1 unspecified atom stereocenters. The van der Waals surface area contributed by atoms with Crippen molar-refractivity contribution in [2.45, 2.75) is 6.42 Å². The van der Waals surface area contributed by atoms with E-state index in [0.29, 0.717) is 12.5 Å². The van der Waals surface area contributed by atoms with Crippen LogP contribution in [0.25, 0.3) is 0 Å². The van der Waals surface area contributed by atoms with Crippen LogP contribution in [-0.2, 0) is 0 Å². The predicted molar refractivity (Wildman–Crippen MR) is 68.2 cm³/mol. The normalized spacial score (nSPS) is 20.2. The first-order chi connectivity index (χ1) is 7.72. The molecule has 1 aliphatic heterocycles. The van der Waals surface area contributed by atoms with Crippen LogP contribution in [0.1, 0.15) is 6.42 Å². The van der Waals surface area contributed by atoms with Crippen LogP contribution in [0.15, 0.2) is 24.3 Å². The van der Waals surface area contributed by atoms with Gasteiger partial charge in [-0.25, -0.2) is 0 Å². The smallest absolute Gasteiger partial charge is 0.0604 e. The SMILES string of the molecule is CN(C)c1ccccc1N1CCC(CO)C1. The van der Waals surface area contributed by atoms with E-state index in [1.165, 1.54) is 11.4 Å². The Bertz CT molecular complexity index is 352. The second-order valence-electron chi connectivity index (χ2n) is 4.67. The Kier molecular flexibility index (Phi) is 3.34. The quantitative estimate of drug-likeness (QED) is 0.837. The number of benzene rings is 1. The second-order valence-corrected chi connectivity index (χ2v) is 4.67. The van der Waals surface area contributed by atoms with Gasteiger partial charge >= 0.3 is 0 Å². The third kappa shape index (κ3) is 2.14. The summed E-state index contributed by atoms with van der Waals surface area (Å²) in [6.45, 7) is 2.33. The molecule has 1 fully saturated rings. The second kappa shape index (κ2) is 4.74. The van der Waals surface area contributed by atoms with E-state index < -0.39 is 0 Å². The molecule has 0 bridgehead atoms. The van der Waals surface area contributed by atoms with Gasteiger partial charge in [-0.15, -0.1) is 0 Å². The van der Waals surface area contributed by atoms with Crippen molar-refractivity contribution in [3.8, 4) is 0 Å². The first-order valence-corrected chi connectivity index (χ1v) is 5.84. The Morgan fingerprint density at radius 3 is 2.75 bits per heavy atom. The largest absolute Gasteiger partial charge is 0.396 e. The van der Waals surface area contributed by atoms with Crippen molar-refractivity contribution in [1.82, 2.24) is 0 Å². The van der Waals surface area contributed by atoms with E-state index in [9.17, 15) is 5.11 Å². The molecule has 0 radical (unpaired) electrons. The van der Waals surface area contributed by atoms with Crippen molar-refractivity contribution < 1.29 is 5.11 Å². The summed E-state index contributed by atoms with van der Waals surface area (Å²) in [5.74, 6) is 0.440. The summed E-state index contributed by atoms with van der Waals surface area (Å²) in [5, 5.41) is 9.17. The van der Waals surface area contributed by atoms with Crippen molar-refractivity contribution in [3.05, 3.63) is 24.3 Å². The van der Waals surface area contributed by atoms with Gasteiger partial charge in [-0.2, -0.15) is 0 Å². The number of rotatable bonds is 3. The van der Waals surface area contributed by atoms with Gasteiger partial charge in [0.2, 0.25) is 0 Å². The predicted octanol–water partition coefficient (Wildman–Crippen LogP) is 1.57. The molecule has 0 aliphatic carbocycles. The summed E-state index contributed by atoms with van der Waals surface area (Å²) in [4.78, 5) is 4.51. The van der Waals surface area contributed by atoms with Gasteiger partial charge in [0.15, 0.2) is 0 Å². The molecule has 1 aliphatic rings. The first-order valence-electron chi connectivity index (χ1n) is 5.84. The minimum atomic E-state index is 0.306. The highest BCUT2D eigenvalue weighted by atomic mass is 16.3. The Hall–Kier alpha value is -1.22. The topological polar surface area (TPSA) is 26.7 Å². The highest BCUT2D eigenvalue weighted by Crippen LogP contribution is 2.31. The summed E-state index contributed by atoms with van der Waals surface area (Å²) in [6.07, 6.45) is 1.10. The van der Waals surface area contributed by atoms with Gasteiger partial charge in [-0.3, -0.25) is 0 Å². The molecule has 1 heterocycles. The van der Waals surface area contributed by atoms with E-state index in [0.717, 1.165) is 19.5 Å². The van der Waals surface area contributed by atoms with E-state index in [1.54, 1.807) is 0 Å². The van der Waals surface area contributed by atoms with E-state index >= 15 is 0 Å². The van der Waals surface area contributed by atoms with Crippen LogP contribution >= 0.6 is 0 Å². The molecule has 16 heavy (non-hydrogen) atoms. The Morgan fingerprint density at radius 2 is 2.12 bits per heavy atom. The van der Waals surface area contributed by atoms with Gasteiger partial charge in [0, 0.05) is 39.7 Å². The fraction of sp³-hybridized carbons (Fsp3) is 0.538. The molecule has 0 saturated carbocycles. The first kappa shape index (κ1) is 11.3. The zero-order valence-corrected chi connectivity index (χ0v) is 10.1. The lowest BCUT2D eigenvalue weighted by atomic mass is 10.1. The van der Waals surface area contributed by atoms with Crippen molar-refractivity contribution in [1.29, 1.82) is 0 Å². The average Bonchev–Trinajstić information content (AvgIpc) is 2.77. The molecule has 3 heteroatoms. The van der Waals surface area contributed by atoms with Gasteiger partial charge in [-0.1, -0.05) is 12.1 Å². The van der Waals surface area contributed by atoms with Crippen LogP contribution in [0.4, 0.5) is 11.4 Å². The van der Waals surface area contributed by atoms with Crippen molar-refractivity contribution in [2.24, 2.45) is 5.92 Å². The van der Waals surface area contributed by atoms with Gasteiger partial charge in [0.25, 0.3) is 0 Å². The molecule has 1 atom stereocenters. The van der Waals surface area contributed by atoms with Gasteiger partial charge < -0.3 is 14.9 Å². The van der Waals surface area contributed by atoms with Gasteiger partial charge in [-0.05, 0) is 18.6 Å². The number of hydrogen-bond acceptors (Lipinski definition) is 3. The third-order valence-corrected chi connectivity index (χ3v) is 3.25. The molecule has 2 rings (SSSR count). The summed E-state index contributed by atoms with van der Waals surface area (Å²) < 4.78 is 0. The lowest BCUT2D eigenvalue weighted by molar-refractivity contribution is 0.238. The highest BCUT2D eigenvalue weighted by Gasteiger charge is 2.23. The number of para-hydroxylation sites is 2. The van der Waals surface area contributed by atoms with Crippen molar-refractivity contribution >= 4 is 11.4 Å². The minimum Gasteiger partial charge on any atom is -0.396 e. The lowest BCUT2D eigenvalue weighted by Crippen LogP contribution is -2.23. The van der Waals surface area contributed by atoms with Crippen LogP contribution in [0, 0.1) is 5.92 Å². The number of nitrogens with zero attached hydrogens (tertiary/aromatic N) is 2. The summed E-state index contributed by atoms with van der Waals surface area (Å²) in [6, 6.07) is 8.45. The van der Waals surface area contributed by atoms with Gasteiger partial charge in [0.1, 0.15) is 0 Å². The van der Waals surface area contributed by atoms with Crippen LogP contribution in [0.3, 0.4) is 0 Å². The Balaban J connectivity index is 2.20. The molecular formula is C13H20N2O. The van der Waals surface area contributed by atoms with Crippen molar-refractivity contribution in [3.63, 3.8) is 0 Å². The average molecular weight is 220 g/mol. The van der Waals surface area contributed by atoms with Gasteiger partial charge in [0.05, 0.1) is 11.4 Å². The van der Waals surface area contributed by atoms with Crippen LogP contribution in [0.2, 0.25) is 0 Å². The molecule has 1 aromatic carbocycles. The minimum absolute atomic E-state index is 0.306. The molecule has 1 N–H and O–H groups in total. The van der Waals surface area contributed by atoms with Crippen LogP contribution in [0.5, 0.6) is 0 Å². The maximum absolute atomic E-state index is 9.17. The monoisotopic (exact) mass is 220 g/mol. The molecule has 0 aromatic heterocycles. The molecule has 0 amide bonds. The number of hydrogen-bond donors (Lipinski definition) is 1. The zero-order valence-electron chi connectivity index (χ0n) is 10.1. The van der Waals surface area contributed by atoms with E-state index in [1.807, 2.05) is 0 Å². The zero-order chi connectivity index (χ0) is 11.5. The van der Waals surface area contributed by atoms with Crippen molar-refractivity contribution in [2.75, 3.05) is 43.6 Å². The molecule has 1 saturated heterocycles. The Labute approximate surface area is 97.3 Å². The van der Waals surface area contributed by atoms with E-state index in [2.05, 4.69) is 48.2 Å². The molecule has 3 nitrogen and oxygen atoms in total. The summed E-state index contributed by atoms with van der Waals surface area (Å²) in [7, 11) is 4.14.